The van der Waals surface area contributed by atoms with E-state index in [1.54, 1.807) is 0 Å². The lowest BCUT2D eigenvalue weighted by Crippen LogP contribution is -2.30. The van der Waals surface area contributed by atoms with Gasteiger partial charge in [0.2, 0.25) is 11.8 Å². The van der Waals surface area contributed by atoms with Gasteiger partial charge < -0.3 is 16.4 Å². The van der Waals surface area contributed by atoms with Crippen LogP contribution < -0.4 is 16.4 Å². The van der Waals surface area contributed by atoms with E-state index in [1.807, 2.05) is 20.8 Å². The molecule has 4 N–H and O–H groups in total. The largest absolute Gasteiger partial charge is 0.356 e. The molecule has 0 saturated carbocycles. The highest BCUT2D eigenvalue weighted by Crippen LogP contribution is 2.10. The quantitative estimate of drug-likeness (QED) is 0.388. The van der Waals surface area contributed by atoms with Crippen molar-refractivity contribution in [2.45, 2.75) is 92.0 Å². The van der Waals surface area contributed by atoms with Crippen molar-refractivity contribution < 1.29 is 19.2 Å². The van der Waals surface area contributed by atoms with Crippen molar-refractivity contribution in [3.05, 3.63) is 0 Å². The van der Waals surface area contributed by atoms with Crippen molar-refractivity contribution in [2.24, 2.45) is 11.7 Å². The molecule has 0 aromatic heterocycles. The average molecular weight is 400 g/mol. The van der Waals surface area contributed by atoms with Crippen LogP contribution in [0.5, 0.6) is 0 Å². The van der Waals surface area contributed by atoms with Gasteiger partial charge >= 0.3 is 0 Å². The zero-order valence-electron chi connectivity index (χ0n) is 18.4. The van der Waals surface area contributed by atoms with Gasteiger partial charge in [0.25, 0.3) is 0 Å². The molecule has 0 fully saturated rings. The molecule has 0 bridgehead atoms. The number of carbonyl (C=O) groups excluding carboxylic acids is 4. The lowest BCUT2D eigenvalue weighted by molar-refractivity contribution is -0.122. The molecule has 0 spiro atoms. The number of rotatable bonds is 14. The van der Waals surface area contributed by atoms with Gasteiger partial charge in [-0.05, 0) is 32.1 Å². The van der Waals surface area contributed by atoms with E-state index in [2.05, 4.69) is 10.6 Å². The molecule has 0 unspecified atom stereocenters. The van der Waals surface area contributed by atoms with Crippen LogP contribution in [0.25, 0.3) is 0 Å². The molecule has 7 heteroatoms. The predicted molar refractivity (Wildman–Crippen MR) is 113 cm³/mol. The van der Waals surface area contributed by atoms with Crippen molar-refractivity contribution >= 4 is 23.4 Å². The molecule has 0 saturated heterocycles. The molecule has 0 aromatic carbocycles. The number of nitrogens with one attached hydrogen (secondary N) is 2. The molecule has 0 aliphatic heterocycles. The summed E-state index contributed by atoms with van der Waals surface area (Å²) in [7, 11) is 0. The minimum absolute atomic E-state index is 0.0149. The van der Waals surface area contributed by atoms with Gasteiger partial charge in [-0.3, -0.25) is 19.2 Å². The average Bonchev–Trinajstić information content (AvgIpc) is 2.65. The van der Waals surface area contributed by atoms with Gasteiger partial charge in [0.15, 0.2) is 0 Å². The lowest BCUT2D eigenvalue weighted by Gasteiger charge is -2.08. The monoisotopic (exact) mass is 399 g/mol. The van der Waals surface area contributed by atoms with E-state index in [9.17, 15) is 19.2 Å². The van der Waals surface area contributed by atoms with Gasteiger partial charge in [0, 0.05) is 45.7 Å². The van der Waals surface area contributed by atoms with Crippen LogP contribution in [0.1, 0.15) is 86.0 Å². The summed E-state index contributed by atoms with van der Waals surface area (Å²) in [5.74, 6) is 0.632. The normalized spacial score (nSPS) is 12.2. The Kier molecular flexibility index (Phi) is 18.9. The SMILES string of the molecule is CCC(=O)[C@@H](C)CCCCNC(C)=O.CCC(=O)[C@@H](N)CCCCNC(C)=O. The number of Topliss-reactive ketones (excluding diaryl/α,β-unsaturated/α-hetero) is 2. The smallest absolute Gasteiger partial charge is 0.216 e. The highest BCUT2D eigenvalue weighted by molar-refractivity contribution is 5.83. The number of nitrogens with two attached hydrogens (primary N) is 1. The van der Waals surface area contributed by atoms with E-state index in [4.69, 9.17) is 5.73 Å². The van der Waals surface area contributed by atoms with Crippen LogP contribution >= 0.6 is 0 Å². The summed E-state index contributed by atoms with van der Waals surface area (Å²) in [4.78, 5) is 43.3. The lowest BCUT2D eigenvalue weighted by atomic mass is 9.98. The second kappa shape index (κ2) is 18.6. The third kappa shape index (κ3) is 19.0. The van der Waals surface area contributed by atoms with E-state index in [0.717, 1.165) is 38.6 Å². The van der Waals surface area contributed by atoms with Crippen molar-refractivity contribution in [3.8, 4) is 0 Å². The van der Waals surface area contributed by atoms with Crippen LogP contribution in [0.3, 0.4) is 0 Å². The van der Waals surface area contributed by atoms with Crippen LogP contribution in [-0.4, -0.2) is 42.5 Å². The Hall–Kier alpha value is -1.76. The fourth-order valence-corrected chi connectivity index (χ4v) is 2.53. The second-order valence-corrected chi connectivity index (χ2v) is 7.10. The zero-order valence-corrected chi connectivity index (χ0v) is 18.4. The van der Waals surface area contributed by atoms with Gasteiger partial charge in [0.1, 0.15) is 11.6 Å². The summed E-state index contributed by atoms with van der Waals surface area (Å²) in [6, 6.07) is -0.322. The number of carbonyl (C=O) groups is 4. The third-order valence-corrected chi connectivity index (χ3v) is 4.41. The Labute approximate surface area is 170 Å². The van der Waals surface area contributed by atoms with Gasteiger partial charge in [-0.2, -0.15) is 0 Å². The van der Waals surface area contributed by atoms with E-state index in [-0.39, 0.29) is 29.6 Å². The van der Waals surface area contributed by atoms with Crippen LogP contribution in [0.2, 0.25) is 0 Å². The fraction of sp³-hybridized carbons (Fsp3) is 0.810. The van der Waals surface area contributed by atoms with Crippen LogP contribution in [0.4, 0.5) is 0 Å². The molecule has 0 rings (SSSR count). The fourth-order valence-electron chi connectivity index (χ4n) is 2.53. The molecule has 164 valence electrons. The summed E-state index contributed by atoms with van der Waals surface area (Å²) in [5.41, 5.74) is 5.63. The number of amides is 2. The first-order chi connectivity index (χ1) is 13.1. The molecule has 0 aliphatic rings. The van der Waals surface area contributed by atoms with E-state index < -0.39 is 0 Å². The maximum absolute atomic E-state index is 11.2. The Balaban J connectivity index is 0. The summed E-state index contributed by atoms with van der Waals surface area (Å²) in [6.45, 7) is 10.1. The summed E-state index contributed by atoms with van der Waals surface area (Å²) >= 11 is 0. The second-order valence-electron chi connectivity index (χ2n) is 7.10. The minimum Gasteiger partial charge on any atom is -0.356 e. The molecule has 28 heavy (non-hydrogen) atoms. The Morgan fingerprint density at radius 2 is 1.18 bits per heavy atom. The Morgan fingerprint density at radius 1 is 0.750 bits per heavy atom. The predicted octanol–water partition coefficient (Wildman–Crippen LogP) is 2.51. The maximum Gasteiger partial charge on any atom is 0.216 e. The standard InChI is InChI=1S/C11H21NO2.C10H20N2O2/c1-4-11(14)9(2)7-5-6-8-12-10(3)13;1-3-10(14)9(11)6-4-5-7-12-8(2)13/h9H,4-8H2,1-3H3,(H,12,13);9H,3-7,11H2,1-2H3,(H,12,13)/t2*9-/m00/s1. The molecule has 2 atom stereocenters. The molecule has 0 heterocycles. The molecular formula is C21H41N3O4. The molecule has 7 nitrogen and oxygen atoms in total. The zero-order chi connectivity index (χ0) is 21.9. The first-order valence-corrected chi connectivity index (χ1v) is 10.4. The minimum atomic E-state index is -0.322. The van der Waals surface area contributed by atoms with Crippen molar-refractivity contribution in [1.29, 1.82) is 0 Å². The van der Waals surface area contributed by atoms with Gasteiger partial charge in [0.05, 0.1) is 6.04 Å². The van der Waals surface area contributed by atoms with Crippen LogP contribution in [-0.2, 0) is 19.2 Å². The molecule has 2 amide bonds. The third-order valence-electron chi connectivity index (χ3n) is 4.41. The summed E-state index contributed by atoms with van der Waals surface area (Å²) < 4.78 is 0. The van der Waals surface area contributed by atoms with E-state index in [1.165, 1.54) is 13.8 Å². The number of hydrogen-bond donors (Lipinski definition) is 3. The van der Waals surface area contributed by atoms with Gasteiger partial charge in [-0.1, -0.05) is 27.2 Å². The first-order valence-electron chi connectivity index (χ1n) is 10.4. The topological polar surface area (TPSA) is 118 Å². The van der Waals surface area contributed by atoms with Gasteiger partial charge in [-0.15, -0.1) is 0 Å². The Bertz CT molecular complexity index is 425. The van der Waals surface area contributed by atoms with Crippen LogP contribution in [0, 0.1) is 5.92 Å². The van der Waals surface area contributed by atoms with E-state index >= 15 is 0 Å². The highest BCUT2D eigenvalue weighted by atomic mass is 16.2. The molecular weight excluding hydrogens is 358 g/mol. The number of unbranched alkanes of at least 4 members (excludes halogenated alkanes) is 2. The van der Waals surface area contributed by atoms with E-state index in [0.29, 0.717) is 31.6 Å². The maximum atomic E-state index is 11.2. The molecule has 0 aromatic rings. The first kappa shape index (κ1) is 28.4. The number of hydrogen-bond acceptors (Lipinski definition) is 5. The van der Waals surface area contributed by atoms with Crippen molar-refractivity contribution in [3.63, 3.8) is 0 Å². The molecule has 0 radical (unpaired) electrons. The van der Waals surface area contributed by atoms with Crippen LogP contribution in [0.15, 0.2) is 0 Å². The van der Waals surface area contributed by atoms with Gasteiger partial charge in [-0.25, -0.2) is 0 Å². The molecule has 0 aliphatic carbocycles. The number of ketones is 2. The Morgan fingerprint density at radius 3 is 1.57 bits per heavy atom. The summed E-state index contributed by atoms with van der Waals surface area (Å²) in [6.07, 6.45) is 6.52. The highest BCUT2D eigenvalue weighted by Gasteiger charge is 2.10. The van der Waals surface area contributed by atoms with Crippen molar-refractivity contribution in [2.75, 3.05) is 13.1 Å². The summed E-state index contributed by atoms with van der Waals surface area (Å²) in [5, 5.41) is 5.44. The van der Waals surface area contributed by atoms with Crippen molar-refractivity contribution in [1.82, 2.24) is 10.6 Å².